The first-order valence-electron chi connectivity index (χ1n) is 11.3. The van der Waals surface area contributed by atoms with E-state index in [0.717, 1.165) is 10.9 Å². The van der Waals surface area contributed by atoms with E-state index >= 15 is 0 Å². The minimum absolute atomic E-state index is 0.00973. The van der Waals surface area contributed by atoms with Crippen LogP contribution in [0.15, 0.2) is 43.1 Å². The van der Waals surface area contributed by atoms with Gasteiger partial charge in [0.15, 0.2) is 17.6 Å². The molecule has 0 fully saturated rings. The van der Waals surface area contributed by atoms with E-state index in [9.17, 15) is 9.59 Å². The van der Waals surface area contributed by atoms with Crippen LogP contribution in [0.4, 0.5) is 0 Å². The molecule has 0 N–H and O–H groups in total. The summed E-state index contributed by atoms with van der Waals surface area (Å²) in [7, 11) is 1.28. The van der Waals surface area contributed by atoms with Gasteiger partial charge in [0.1, 0.15) is 10.8 Å². The van der Waals surface area contributed by atoms with Crippen molar-refractivity contribution >= 4 is 66.5 Å². The molecule has 0 saturated carbocycles. The highest BCUT2D eigenvalue weighted by atomic mass is 79.9. The highest BCUT2D eigenvalue weighted by molar-refractivity contribution is 9.10. The SMILES string of the molecule is CCOc1cc(C=Nn2c([C@H](C)CC)nc3ccc(Br)cc3c2=O)c(Br)c(Cl)c1O[C@H](C)C(=O)OC. The first-order chi connectivity index (χ1) is 17.1. The highest BCUT2D eigenvalue weighted by Gasteiger charge is 2.23. The van der Waals surface area contributed by atoms with Gasteiger partial charge in [-0.2, -0.15) is 9.78 Å². The molecule has 11 heteroatoms. The van der Waals surface area contributed by atoms with Crippen molar-refractivity contribution in [3.8, 4) is 11.5 Å². The molecule has 3 rings (SSSR count). The van der Waals surface area contributed by atoms with Gasteiger partial charge in [0.25, 0.3) is 5.56 Å². The second-order valence-electron chi connectivity index (χ2n) is 7.94. The van der Waals surface area contributed by atoms with E-state index < -0.39 is 12.1 Å². The zero-order valence-corrected chi connectivity index (χ0v) is 24.4. The molecule has 0 spiro atoms. The van der Waals surface area contributed by atoms with Crippen LogP contribution in [0.3, 0.4) is 0 Å². The van der Waals surface area contributed by atoms with Gasteiger partial charge in [-0.1, -0.05) is 41.4 Å². The van der Waals surface area contributed by atoms with E-state index in [2.05, 4.69) is 37.0 Å². The van der Waals surface area contributed by atoms with Gasteiger partial charge in [0.05, 0.1) is 30.8 Å². The molecular formula is C25H26Br2ClN3O5. The number of hydrogen-bond acceptors (Lipinski definition) is 7. The zero-order chi connectivity index (χ0) is 26.6. The normalized spacial score (nSPS) is 13.1. The lowest BCUT2D eigenvalue weighted by atomic mass is 10.1. The van der Waals surface area contributed by atoms with E-state index in [1.54, 1.807) is 25.1 Å². The maximum absolute atomic E-state index is 13.4. The number of methoxy groups -OCH3 is 1. The smallest absolute Gasteiger partial charge is 0.346 e. The van der Waals surface area contributed by atoms with Gasteiger partial charge in [0.2, 0.25) is 0 Å². The third kappa shape index (κ3) is 5.92. The van der Waals surface area contributed by atoms with Gasteiger partial charge in [0, 0.05) is 20.4 Å². The predicted molar refractivity (Wildman–Crippen MR) is 148 cm³/mol. The first kappa shape index (κ1) is 28.1. The van der Waals surface area contributed by atoms with Crippen LogP contribution in [0.25, 0.3) is 10.9 Å². The fraction of sp³-hybridized carbons (Fsp3) is 0.360. The fourth-order valence-corrected chi connectivity index (χ4v) is 4.37. The minimum atomic E-state index is -0.905. The van der Waals surface area contributed by atoms with Crippen molar-refractivity contribution in [2.75, 3.05) is 13.7 Å². The molecule has 3 aromatic rings. The van der Waals surface area contributed by atoms with Gasteiger partial charge in [-0.3, -0.25) is 4.79 Å². The van der Waals surface area contributed by atoms with Gasteiger partial charge >= 0.3 is 5.97 Å². The summed E-state index contributed by atoms with van der Waals surface area (Å²) < 4.78 is 18.7. The Kier molecular flexibility index (Phi) is 9.54. The largest absolute Gasteiger partial charge is 0.490 e. The van der Waals surface area contributed by atoms with Crippen molar-refractivity contribution in [1.29, 1.82) is 0 Å². The predicted octanol–water partition coefficient (Wildman–Crippen LogP) is 6.31. The lowest BCUT2D eigenvalue weighted by molar-refractivity contribution is -0.147. The molecule has 0 aliphatic heterocycles. The number of ether oxygens (including phenoxy) is 3. The van der Waals surface area contributed by atoms with Crippen molar-refractivity contribution in [3.63, 3.8) is 0 Å². The average molecular weight is 644 g/mol. The van der Waals surface area contributed by atoms with Crippen molar-refractivity contribution in [3.05, 3.63) is 60.0 Å². The summed E-state index contributed by atoms with van der Waals surface area (Å²) in [5.74, 6) is 0.493. The van der Waals surface area contributed by atoms with Crippen LogP contribution in [-0.2, 0) is 9.53 Å². The standard InChI is InChI=1S/C25H26Br2ClN3O5/c1-6-13(3)23-30-18-9-8-16(26)11-17(18)24(32)31(23)29-12-15-10-19(35-7-2)22(21(28)20(15)27)36-14(4)25(33)34-5/h8-14H,6-7H2,1-5H3/t13-,14-/m1/s1. The summed E-state index contributed by atoms with van der Waals surface area (Å²) in [4.78, 5) is 30.0. The maximum atomic E-state index is 13.4. The summed E-state index contributed by atoms with van der Waals surface area (Å²) in [5, 5.41) is 5.14. The minimum Gasteiger partial charge on any atom is -0.490 e. The molecule has 0 amide bonds. The Labute approximate surface area is 230 Å². The maximum Gasteiger partial charge on any atom is 0.346 e. The Morgan fingerprint density at radius 3 is 2.61 bits per heavy atom. The second kappa shape index (κ2) is 12.2. The van der Waals surface area contributed by atoms with E-state index in [0.29, 0.717) is 39.1 Å². The number of carbonyl (C=O) groups excluding carboxylic acids is 1. The molecule has 0 aliphatic rings. The fourth-order valence-electron chi connectivity index (χ4n) is 3.36. The quantitative estimate of drug-likeness (QED) is 0.201. The van der Waals surface area contributed by atoms with Crippen molar-refractivity contribution in [2.24, 2.45) is 5.10 Å². The van der Waals surface area contributed by atoms with Gasteiger partial charge in [-0.15, -0.1) is 0 Å². The molecule has 1 aromatic heterocycles. The topological polar surface area (TPSA) is 92.0 Å². The molecule has 0 saturated heterocycles. The summed E-state index contributed by atoms with van der Waals surface area (Å²) in [6, 6.07) is 7.05. The number of nitrogens with zero attached hydrogens (tertiary/aromatic N) is 3. The van der Waals surface area contributed by atoms with Crippen molar-refractivity contribution in [2.45, 2.75) is 46.1 Å². The first-order valence-corrected chi connectivity index (χ1v) is 13.2. The molecule has 1 heterocycles. The molecule has 0 radical (unpaired) electrons. The average Bonchev–Trinajstić information content (AvgIpc) is 2.87. The van der Waals surface area contributed by atoms with E-state index in [4.69, 9.17) is 30.8 Å². The molecule has 192 valence electrons. The summed E-state index contributed by atoms with van der Waals surface area (Å²) in [5.41, 5.74) is 0.860. The summed E-state index contributed by atoms with van der Waals surface area (Å²) in [6.07, 6.45) is 1.38. The van der Waals surface area contributed by atoms with Crippen LogP contribution in [0.1, 0.15) is 51.4 Å². The number of hydrogen-bond donors (Lipinski definition) is 0. The Hall–Kier alpha value is -2.43. The Bertz CT molecular complexity index is 1380. The van der Waals surface area contributed by atoms with Gasteiger partial charge in [-0.25, -0.2) is 9.78 Å². The molecular weight excluding hydrogens is 618 g/mol. The Balaban J connectivity index is 2.15. The van der Waals surface area contributed by atoms with Crippen LogP contribution in [0.5, 0.6) is 11.5 Å². The van der Waals surface area contributed by atoms with Crippen LogP contribution < -0.4 is 15.0 Å². The number of rotatable bonds is 9. The number of esters is 1. The number of fused-ring (bicyclic) bond motifs is 1. The van der Waals surface area contributed by atoms with E-state index in [-0.39, 0.29) is 22.2 Å². The Morgan fingerprint density at radius 2 is 1.97 bits per heavy atom. The van der Waals surface area contributed by atoms with Crippen LogP contribution in [0.2, 0.25) is 5.02 Å². The lowest BCUT2D eigenvalue weighted by Crippen LogP contribution is -2.25. The highest BCUT2D eigenvalue weighted by Crippen LogP contribution is 2.43. The summed E-state index contributed by atoms with van der Waals surface area (Å²) >= 11 is 13.5. The van der Waals surface area contributed by atoms with Crippen molar-refractivity contribution < 1.29 is 19.0 Å². The molecule has 2 aromatic carbocycles. The van der Waals surface area contributed by atoms with Gasteiger partial charge < -0.3 is 14.2 Å². The number of halogens is 3. The third-order valence-electron chi connectivity index (χ3n) is 5.48. The Morgan fingerprint density at radius 1 is 1.25 bits per heavy atom. The number of benzene rings is 2. The van der Waals surface area contributed by atoms with Gasteiger partial charge in [-0.05, 0) is 60.5 Å². The number of carbonyl (C=O) groups is 1. The van der Waals surface area contributed by atoms with E-state index in [1.807, 2.05) is 26.8 Å². The second-order valence-corrected chi connectivity index (χ2v) is 10.0. The molecule has 0 bridgehead atoms. The number of aromatic nitrogens is 2. The van der Waals surface area contributed by atoms with Crippen molar-refractivity contribution in [1.82, 2.24) is 9.66 Å². The molecule has 36 heavy (non-hydrogen) atoms. The zero-order valence-electron chi connectivity index (χ0n) is 20.5. The molecule has 0 aliphatic carbocycles. The molecule has 2 atom stereocenters. The monoisotopic (exact) mass is 641 g/mol. The molecule has 8 nitrogen and oxygen atoms in total. The van der Waals surface area contributed by atoms with E-state index in [1.165, 1.54) is 18.0 Å². The van der Waals surface area contributed by atoms with Crippen LogP contribution >= 0.6 is 43.5 Å². The van der Waals surface area contributed by atoms with Crippen LogP contribution in [0, 0.1) is 0 Å². The van der Waals surface area contributed by atoms with Crippen LogP contribution in [-0.4, -0.2) is 41.7 Å². The lowest BCUT2D eigenvalue weighted by Gasteiger charge is -2.19. The third-order valence-corrected chi connectivity index (χ3v) is 7.42. The summed E-state index contributed by atoms with van der Waals surface area (Å²) in [6.45, 7) is 7.71. The molecule has 0 unspecified atom stereocenters.